The van der Waals surface area contributed by atoms with E-state index in [-0.39, 0.29) is 12.8 Å². The standard InChI is InChI=1S/C11H16F6O2/c1-3-5-7-8(6-4-2)19-9(18-7,10(12,13)14)11(15,16)17/h7-8H,3-6H2,1-2H3/t7-,8+. The molecule has 0 aliphatic carbocycles. The van der Waals surface area contributed by atoms with E-state index < -0.39 is 30.3 Å². The average Bonchev–Trinajstić information content (AvgIpc) is 2.58. The van der Waals surface area contributed by atoms with Crippen molar-refractivity contribution in [3.05, 3.63) is 0 Å². The third-order valence-corrected chi connectivity index (χ3v) is 2.94. The zero-order valence-electron chi connectivity index (χ0n) is 10.6. The third kappa shape index (κ3) is 2.99. The van der Waals surface area contributed by atoms with Crippen LogP contribution in [0.1, 0.15) is 39.5 Å². The van der Waals surface area contributed by atoms with Crippen molar-refractivity contribution in [3.8, 4) is 0 Å². The van der Waals surface area contributed by atoms with E-state index in [0.29, 0.717) is 12.8 Å². The Balaban J connectivity index is 3.09. The van der Waals surface area contributed by atoms with Crippen LogP contribution in [0.2, 0.25) is 0 Å². The smallest absolute Gasteiger partial charge is 0.329 e. The van der Waals surface area contributed by atoms with Gasteiger partial charge >= 0.3 is 18.1 Å². The van der Waals surface area contributed by atoms with Crippen LogP contribution in [0.4, 0.5) is 26.3 Å². The maximum absolute atomic E-state index is 12.8. The summed E-state index contributed by atoms with van der Waals surface area (Å²) in [5.41, 5.74) is 0. The van der Waals surface area contributed by atoms with Gasteiger partial charge in [-0.3, -0.25) is 0 Å². The summed E-state index contributed by atoms with van der Waals surface area (Å²) in [6, 6.07) is 0. The zero-order chi connectivity index (χ0) is 14.9. The first-order valence-corrected chi connectivity index (χ1v) is 6.08. The van der Waals surface area contributed by atoms with Gasteiger partial charge in [-0.1, -0.05) is 26.7 Å². The Morgan fingerprint density at radius 2 is 1.11 bits per heavy atom. The van der Waals surface area contributed by atoms with Crippen molar-refractivity contribution in [2.45, 2.75) is 69.9 Å². The lowest BCUT2D eigenvalue weighted by Gasteiger charge is -2.31. The fraction of sp³-hybridized carbons (Fsp3) is 1.00. The summed E-state index contributed by atoms with van der Waals surface area (Å²) >= 11 is 0. The predicted octanol–water partition coefficient (Wildman–Crippen LogP) is 4.19. The minimum atomic E-state index is -5.65. The first-order valence-electron chi connectivity index (χ1n) is 6.08. The van der Waals surface area contributed by atoms with Gasteiger partial charge in [0.15, 0.2) is 0 Å². The minimum absolute atomic E-state index is 0.0958. The molecule has 1 rings (SSSR count). The number of halogens is 6. The van der Waals surface area contributed by atoms with Gasteiger partial charge < -0.3 is 9.47 Å². The summed E-state index contributed by atoms with van der Waals surface area (Å²) in [6.07, 6.45) is -12.7. The molecule has 1 aliphatic rings. The van der Waals surface area contributed by atoms with Gasteiger partial charge in [-0.2, -0.15) is 26.3 Å². The number of rotatable bonds is 4. The van der Waals surface area contributed by atoms with Crippen LogP contribution < -0.4 is 0 Å². The minimum Gasteiger partial charge on any atom is -0.329 e. The van der Waals surface area contributed by atoms with E-state index in [1.54, 1.807) is 13.8 Å². The number of hydrogen-bond acceptors (Lipinski definition) is 2. The third-order valence-electron chi connectivity index (χ3n) is 2.94. The molecule has 0 saturated carbocycles. The number of hydrogen-bond donors (Lipinski definition) is 0. The largest absolute Gasteiger partial charge is 0.453 e. The fourth-order valence-corrected chi connectivity index (χ4v) is 2.09. The van der Waals surface area contributed by atoms with Crippen molar-refractivity contribution >= 4 is 0 Å². The molecule has 114 valence electrons. The average molecular weight is 294 g/mol. The highest BCUT2D eigenvalue weighted by molar-refractivity contribution is 4.96. The highest BCUT2D eigenvalue weighted by Gasteiger charge is 2.78. The Morgan fingerprint density at radius 1 is 0.789 bits per heavy atom. The SMILES string of the molecule is CCC[C@@H]1OC(C(F)(F)F)(C(F)(F)F)O[C@@H]1CCC. The van der Waals surface area contributed by atoms with Crippen LogP contribution in [0, 0.1) is 0 Å². The van der Waals surface area contributed by atoms with Gasteiger partial charge in [-0.25, -0.2) is 0 Å². The molecule has 8 heteroatoms. The fourth-order valence-electron chi connectivity index (χ4n) is 2.09. The van der Waals surface area contributed by atoms with Gasteiger partial charge in [0, 0.05) is 0 Å². The van der Waals surface area contributed by atoms with Crippen LogP contribution in [0.3, 0.4) is 0 Å². The predicted molar refractivity (Wildman–Crippen MR) is 54.4 cm³/mol. The molecule has 1 heterocycles. The van der Waals surface area contributed by atoms with E-state index in [0.717, 1.165) is 0 Å². The van der Waals surface area contributed by atoms with Gasteiger partial charge in [0.25, 0.3) is 0 Å². The monoisotopic (exact) mass is 294 g/mol. The molecule has 0 bridgehead atoms. The second-order valence-electron chi connectivity index (χ2n) is 4.50. The highest BCUT2D eigenvalue weighted by atomic mass is 19.4. The Hall–Kier alpha value is -0.500. The van der Waals surface area contributed by atoms with Crippen LogP contribution >= 0.6 is 0 Å². The van der Waals surface area contributed by atoms with Crippen molar-refractivity contribution in [1.29, 1.82) is 0 Å². The molecule has 2 atom stereocenters. The van der Waals surface area contributed by atoms with E-state index in [1.165, 1.54) is 0 Å². The molecule has 1 saturated heterocycles. The van der Waals surface area contributed by atoms with Crippen LogP contribution in [0.25, 0.3) is 0 Å². The maximum atomic E-state index is 12.8. The topological polar surface area (TPSA) is 18.5 Å². The molecule has 0 spiro atoms. The van der Waals surface area contributed by atoms with Crippen LogP contribution in [-0.2, 0) is 9.47 Å². The summed E-state index contributed by atoms with van der Waals surface area (Å²) < 4.78 is 85.2. The Labute approximate surface area is 107 Å². The molecule has 0 aromatic rings. The van der Waals surface area contributed by atoms with E-state index in [2.05, 4.69) is 9.47 Å². The molecule has 0 amide bonds. The first-order chi connectivity index (χ1) is 8.59. The lowest BCUT2D eigenvalue weighted by molar-refractivity contribution is -0.446. The molecule has 1 fully saturated rings. The van der Waals surface area contributed by atoms with Gasteiger partial charge in [-0.15, -0.1) is 0 Å². The second kappa shape index (κ2) is 5.47. The van der Waals surface area contributed by atoms with Gasteiger partial charge in [0.05, 0.1) is 12.2 Å². The Kier molecular flexibility index (Phi) is 4.77. The van der Waals surface area contributed by atoms with Crippen molar-refractivity contribution in [2.24, 2.45) is 0 Å². The van der Waals surface area contributed by atoms with Crippen molar-refractivity contribution in [3.63, 3.8) is 0 Å². The van der Waals surface area contributed by atoms with Gasteiger partial charge in [-0.05, 0) is 12.8 Å². The summed E-state index contributed by atoms with van der Waals surface area (Å²) in [7, 11) is 0. The lowest BCUT2D eigenvalue weighted by Crippen LogP contribution is -2.58. The summed E-state index contributed by atoms with van der Waals surface area (Å²) in [4.78, 5) is 0. The molecule has 0 aromatic carbocycles. The molecule has 0 radical (unpaired) electrons. The van der Waals surface area contributed by atoms with E-state index in [1.807, 2.05) is 0 Å². The summed E-state index contributed by atoms with van der Waals surface area (Å²) in [5.74, 6) is -4.49. The molecule has 1 aliphatic heterocycles. The van der Waals surface area contributed by atoms with Gasteiger partial charge in [0.1, 0.15) is 0 Å². The van der Waals surface area contributed by atoms with E-state index in [9.17, 15) is 26.3 Å². The molecular formula is C11H16F6O2. The Morgan fingerprint density at radius 3 is 1.32 bits per heavy atom. The molecule has 0 N–H and O–H groups in total. The maximum Gasteiger partial charge on any atom is 0.453 e. The van der Waals surface area contributed by atoms with Crippen LogP contribution in [-0.4, -0.2) is 30.3 Å². The second-order valence-corrected chi connectivity index (χ2v) is 4.50. The Bertz CT molecular complexity index is 269. The van der Waals surface area contributed by atoms with Crippen LogP contribution in [0.15, 0.2) is 0 Å². The lowest BCUT2D eigenvalue weighted by atomic mass is 10.1. The van der Waals surface area contributed by atoms with Crippen molar-refractivity contribution in [2.75, 3.05) is 0 Å². The van der Waals surface area contributed by atoms with Gasteiger partial charge in [0.2, 0.25) is 0 Å². The van der Waals surface area contributed by atoms with E-state index in [4.69, 9.17) is 0 Å². The summed E-state index contributed by atoms with van der Waals surface area (Å²) in [6.45, 7) is 3.32. The van der Waals surface area contributed by atoms with Crippen LogP contribution in [0.5, 0.6) is 0 Å². The molecule has 0 unspecified atom stereocenters. The van der Waals surface area contributed by atoms with E-state index >= 15 is 0 Å². The molecule has 0 aromatic heterocycles. The molecule has 2 nitrogen and oxygen atoms in total. The first kappa shape index (κ1) is 16.6. The van der Waals surface area contributed by atoms with Crippen molar-refractivity contribution in [1.82, 2.24) is 0 Å². The molecular weight excluding hydrogens is 278 g/mol. The normalized spacial score (nSPS) is 27.8. The molecule has 19 heavy (non-hydrogen) atoms. The quantitative estimate of drug-likeness (QED) is 0.724. The van der Waals surface area contributed by atoms with Crippen molar-refractivity contribution < 1.29 is 35.8 Å². The number of ether oxygens (including phenoxy) is 2. The highest BCUT2D eigenvalue weighted by Crippen LogP contribution is 2.52. The zero-order valence-corrected chi connectivity index (χ0v) is 10.6. The summed E-state index contributed by atoms with van der Waals surface area (Å²) in [5, 5.41) is 0. The number of alkyl halides is 6.